The second kappa shape index (κ2) is 3.84. The predicted octanol–water partition coefficient (Wildman–Crippen LogP) is 1.26. The summed E-state index contributed by atoms with van der Waals surface area (Å²) < 4.78 is 0. The van der Waals surface area contributed by atoms with E-state index in [1.807, 2.05) is 6.92 Å². The molecule has 0 fully saturated rings. The smallest absolute Gasteiger partial charge is 0.247 e. The lowest BCUT2D eigenvalue weighted by Crippen LogP contribution is -2.43. The molecule has 80 valence electrons. The zero-order valence-corrected chi connectivity index (χ0v) is 8.82. The number of hydrogen-bond donors (Lipinski definition) is 2. The molecule has 1 aliphatic heterocycles. The first-order valence-corrected chi connectivity index (χ1v) is 5.09. The largest absolute Gasteiger partial charge is 0.356 e. The Morgan fingerprint density at radius 3 is 3.13 bits per heavy atom. The average Bonchev–Trinajstić information content (AvgIpc) is 2.27. The molecule has 2 rings (SSSR count). The number of aromatic nitrogens is 2. The molecule has 2 heterocycles. The standard InChI is InChI=1S/C10H14N4O/c1-3-6(2)8-10(15)13-7-4-11-5-12-9(7)14-8/h4-6,8H,3H2,1-2H3,(H,13,15)(H,11,12,14)/t6?,8-/m0/s1. The molecule has 0 spiro atoms. The van der Waals surface area contributed by atoms with E-state index in [0.29, 0.717) is 11.5 Å². The fourth-order valence-corrected chi connectivity index (χ4v) is 1.60. The molecule has 1 aliphatic rings. The number of nitrogens with zero attached hydrogens (tertiary/aromatic N) is 2. The van der Waals surface area contributed by atoms with E-state index in [-0.39, 0.29) is 17.9 Å². The monoisotopic (exact) mass is 206 g/mol. The molecule has 0 bridgehead atoms. The Kier molecular flexibility index (Phi) is 2.53. The van der Waals surface area contributed by atoms with E-state index in [2.05, 4.69) is 27.5 Å². The summed E-state index contributed by atoms with van der Waals surface area (Å²) in [4.78, 5) is 19.7. The molecule has 2 N–H and O–H groups in total. The molecule has 0 saturated carbocycles. The summed E-state index contributed by atoms with van der Waals surface area (Å²) in [6, 6.07) is -0.197. The Balaban J connectivity index is 2.26. The van der Waals surface area contributed by atoms with Crippen LogP contribution in [0, 0.1) is 5.92 Å². The zero-order valence-electron chi connectivity index (χ0n) is 8.82. The van der Waals surface area contributed by atoms with Gasteiger partial charge in [0, 0.05) is 0 Å². The molecule has 1 aromatic rings. The van der Waals surface area contributed by atoms with Gasteiger partial charge in [0.1, 0.15) is 18.1 Å². The van der Waals surface area contributed by atoms with Crippen LogP contribution in [0.1, 0.15) is 20.3 Å². The molecule has 0 aromatic carbocycles. The molecule has 5 nitrogen and oxygen atoms in total. The predicted molar refractivity (Wildman–Crippen MR) is 57.5 cm³/mol. The average molecular weight is 206 g/mol. The van der Waals surface area contributed by atoms with Crippen molar-refractivity contribution in [3.8, 4) is 0 Å². The fraction of sp³-hybridized carbons (Fsp3) is 0.500. The number of hydrogen-bond acceptors (Lipinski definition) is 4. The van der Waals surface area contributed by atoms with Gasteiger partial charge < -0.3 is 10.6 Å². The topological polar surface area (TPSA) is 66.9 Å². The number of carbonyl (C=O) groups excluding carboxylic acids is 1. The van der Waals surface area contributed by atoms with Crippen LogP contribution >= 0.6 is 0 Å². The summed E-state index contributed by atoms with van der Waals surface area (Å²) in [5.74, 6) is 0.981. The van der Waals surface area contributed by atoms with Gasteiger partial charge in [-0.1, -0.05) is 20.3 Å². The summed E-state index contributed by atoms with van der Waals surface area (Å²) in [5.41, 5.74) is 0.655. The Labute approximate surface area is 88.3 Å². The highest BCUT2D eigenvalue weighted by Gasteiger charge is 2.29. The number of rotatable bonds is 2. The Hall–Kier alpha value is -1.65. The van der Waals surface area contributed by atoms with Gasteiger partial charge in [0.2, 0.25) is 5.91 Å². The minimum Gasteiger partial charge on any atom is -0.356 e. The van der Waals surface area contributed by atoms with Crippen molar-refractivity contribution in [2.75, 3.05) is 10.6 Å². The van der Waals surface area contributed by atoms with Gasteiger partial charge in [-0.15, -0.1) is 0 Å². The maximum atomic E-state index is 11.7. The van der Waals surface area contributed by atoms with Crippen molar-refractivity contribution >= 4 is 17.4 Å². The third kappa shape index (κ3) is 1.77. The van der Waals surface area contributed by atoms with Crippen molar-refractivity contribution in [1.82, 2.24) is 9.97 Å². The van der Waals surface area contributed by atoms with Crippen LogP contribution in [0.15, 0.2) is 12.5 Å². The minimum absolute atomic E-state index is 0.00773. The van der Waals surface area contributed by atoms with E-state index < -0.39 is 0 Å². The molecule has 2 atom stereocenters. The summed E-state index contributed by atoms with van der Waals surface area (Å²) in [6.45, 7) is 4.11. The molecule has 0 saturated heterocycles. The van der Waals surface area contributed by atoms with E-state index in [1.165, 1.54) is 6.33 Å². The van der Waals surface area contributed by atoms with Gasteiger partial charge in [0.15, 0.2) is 5.82 Å². The van der Waals surface area contributed by atoms with Crippen LogP contribution in [-0.4, -0.2) is 21.9 Å². The normalized spacial score (nSPS) is 21.2. The third-order valence-corrected chi connectivity index (χ3v) is 2.76. The quantitative estimate of drug-likeness (QED) is 0.764. The van der Waals surface area contributed by atoms with E-state index in [9.17, 15) is 4.79 Å². The SMILES string of the molecule is CCC(C)[C@@H]1Nc2ncncc2NC1=O. The van der Waals surface area contributed by atoms with E-state index >= 15 is 0 Å². The number of anilines is 2. The molecular weight excluding hydrogens is 192 g/mol. The lowest BCUT2D eigenvalue weighted by atomic mass is 9.97. The zero-order chi connectivity index (χ0) is 10.8. The highest BCUT2D eigenvalue weighted by molar-refractivity contribution is 6.02. The minimum atomic E-state index is -0.197. The van der Waals surface area contributed by atoms with Crippen molar-refractivity contribution in [3.63, 3.8) is 0 Å². The number of nitrogens with one attached hydrogen (secondary N) is 2. The van der Waals surface area contributed by atoms with E-state index in [1.54, 1.807) is 6.20 Å². The maximum absolute atomic E-state index is 11.7. The van der Waals surface area contributed by atoms with Gasteiger partial charge in [-0.2, -0.15) is 0 Å². The molecule has 1 amide bonds. The maximum Gasteiger partial charge on any atom is 0.247 e. The number of fused-ring (bicyclic) bond motifs is 1. The van der Waals surface area contributed by atoms with Crippen LogP contribution in [0.5, 0.6) is 0 Å². The first-order chi connectivity index (χ1) is 7.22. The summed E-state index contributed by atoms with van der Waals surface area (Å²) in [6.07, 6.45) is 4.02. The second-order valence-corrected chi connectivity index (χ2v) is 3.78. The van der Waals surface area contributed by atoms with Crippen molar-refractivity contribution < 1.29 is 4.79 Å². The molecule has 5 heteroatoms. The Morgan fingerprint density at radius 1 is 1.60 bits per heavy atom. The van der Waals surface area contributed by atoms with Crippen LogP contribution in [0.3, 0.4) is 0 Å². The van der Waals surface area contributed by atoms with Crippen LogP contribution in [0.25, 0.3) is 0 Å². The number of amides is 1. The van der Waals surface area contributed by atoms with E-state index in [0.717, 1.165) is 6.42 Å². The van der Waals surface area contributed by atoms with Crippen LogP contribution in [0.4, 0.5) is 11.5 Å². The number of carbonyl (C=O) groups is 1. The highest BCUT2D eigenvalue weighted by atomic mass is 16.2. The van der Waals surface area contributed by atoms with Gasteiger partial charge in [0.25, 0.3) is 0 Å². The van der Waals surface area contributed by atoms with E-state index in [4.69, 9.17) is 0 Å². The second-order valence-electron chi connectivity index (χ2n) is 3.78. The molecule has 0 radical (unpaired) electrons. The van der Waals surface area contributed by atoms with Crippen LogP contribution < -0.4 is 10.6 Å². The molecule has 15 heavy (non-hydrogen) atoms. The molecule has 1 unspecified atom stereocenters. The van der Waals surface area contributed by atoms with Crippen molar-refractivity contribution in [1.29, 1.82) is 0 Å². The van der Waals surface area contributed by atoms with Crippen molar-refractivity contribution in [2.45, 2.75) is 26.3 Å². The van der Waals surface area contributed by atoms with Gasteiger partial charge >= 0.3 is 0 Å². The Morgan fingerprint density at radius 2 is 2.40 bits per heavy atom. The lowest BCUT2D eigenvalue weighted by molar-refractivity contribution is -0.118. The first-order valence-electron chi connectivity index (χ1n) is 5.09. The van der Waals surface area contributed by atoms with Crippen LogP contribution in [-0.2, 0) is 4.79 Å². The molecular formula is C10H14N4O. The van der Waals surface area contributed by atoms with Crippen molar-refractivity contribution in [2.24, 2.45) is 5.92 Å². The third-order valence-electron chi connectivity index (χ3n) is 2.76. The fourth-order valence-electron chi connectivity index (χ4n) is 1.60. The summed E-state index contributed by atoms with van der Waals surface area (Å²) in [7, 11) is 0. The first kappa shape index (κ1) is 9.89. The van der Waals surface area contributed by atoms with Crippen LogP contribution in [0.2, 0.25) is 0 Å². The van der Waals surface area contributed by atoms with Crippen molar-refractivity contribution in [3.05, 3.63) is 12.5 Å². The summed E-state index contributed by atoms with van der Waals surface area (Å²) >= 11 is 0. The van der Waals surface area contributed by atoms with Gasteiger partial charge in [-0.3, -0.25) is 4.79 Å². The van der Waals surface area contributed by atoms with Gasteiger partial charge in [-0.25, -0.2) is 9.97 Å². The highest BCUT2D eigenvalue weighted by Crippen LogP contribution is 2.25. The Bertz CT molecular complexity index is 379. The summed E-state index contributed by atoms with van der Waals surface area (Å²) in [5, 5.41) is 5.93. The molecule has 1 aromatic heterocycles. The van der Waals surface area contributed by atoms with Gasteiger partial charge in [-0.05, 0) is 5.92 Å². The van der Waals surface area contributed by atoms with Gasteiger partial charge in [0.05, 0.1) is 6.20 Å². The molecule has 0 aliphatic carbocycles. The lowest BCUT2D eigenvalue weighted by Gasteiger charge is -2.28.